The highest BCUT2D eigenvalue weighted by atomic mass is 79.9. The van der Waals surface area contributed by atoms with Crippen molar-refractivity contribution in [3.05, 3.63) is 20.0 Å². The van der Waals surface area contributed by atoms with Crippen molar-refractivity contribution in [3.8, 4) is 0 Å². The largest absolute Gasteiger partial charge is 0.300 e. The van der Waals surface area contributed by atoms with E-state index in [0.29, 0.717) is 5.16 Å². The lowest BCUT2D eigenvalue weighted by Gasteiger charge is -1.96. The quantitative estimate of drug-likeness (QED) is 0.474. The SMILES string of the molecule is CSc1nc(Cl)c(Br)c(=O)[nH]1. The number of aromatic amines is 1. The minimum Gasteiger partial charge on any atom is -0.300 e. The van der Waals surface area contributed by atoms with E-state index >= 15 is 0 Å². The molecule has 0 amide bonds. The van der Waals surface area contributed by atoms with Gasteiger partial charge >= 0.3 is 0 Å². The van der Waals surface area contributed by atoms with Crippen LogP contribution >= 0.6 is 39.3 Å². The summed E-state index contributed by atoms with van der Waals surface area (Å²) in [6, 6.07) is 0. The van der Waals surface area contributed by atoms with Gasteiger partial charge in [-0.05, 0) is 22.2 Å². The molecule has 1 rings (SSSR count). The molecule has 0 aromatic carbocycles. The van der Waals surface area contributed by atoms with E-state index in [9.17, 15) is 4.79 Å². The molecule has 0 aliphatic heterocycles. The van der Waals surface area contributed by atoms with Gasteiger partial charge in [-0.1, -0.05) is 23.4 Å². The first-order chi connectivity index (χ1) is 5.15. The third kappa shape index (κ3) is 1.98. The van der Waals surface area contributed by atoms with Crippen molar-refractivity contribution in [2.75, 3.05) is 6.26 Å². The fourth-order valence-electron chi connectivity index (χ4n) is 0.509. The first-order valence-corrected chi connectivity index (χ1v) is 5.04. The average Bonchev–Trinajstić information content (AvgIpc) is 1.99. The van der Waals surface area contributed by atoms with E-state index in [1.54, 1.807) is 0 Å². The van der Waals surface area contributed by atoms with Gasteiger partial charge in [-0.2, -0.15) is 0 Å². The summed E-state index contributed by atoms with van der Waals surface area (Å²) in [5, 5.41) is 0.710. The second-order valence-electron chi connectivity index (χ2n) is 1.68. The molecule has 0 fully saturated rings. The molecule has 1 aromatic rings. The van der Waals surface area contributed by atoms with Gasteiger partial charge in [0.15, 0.2) is 10.3 Å². The van der Waals surface area contributed by atoms with Gasteiger partial charge < -0.3 is 4.98 Å². The minimum atomic E-state index is -0.255. The Balaban J connectivity index is 3.32. The van der Waals surface area contributed by atoms with Crippen LogP contribution in [0.15, 0.2) is 14.4 Å². The van der Waals surface area contributed by atoms with Crippen molar-refractivity contribution in [2.24, 2.45) is 0 Å². The molecular formula is C5H4BrClN2OS. The van der Waals surface area contributed by atoms with Crippen LogP contribution in [0.25, 0.3) is 0 Å². The van der Waals surface area contributed by atoms with Crippen LogP contribution in [0.2, 0.25) is 5.15 Å². The third-order valence-corrected chi connectivity index (χ3v) is 2.81. The molecule has 1 N–H and O–H groups in total. The Morgan fingerprint density at radius 1 is 1.73 bits per heavy atom. The molecule has 0 saturated carbocycles. The summed E-state index contributed by atoms with van der Waals surface area (Å²) in [5.74, 6) is 0. The van der Waals surface area contributed by atoms with Crippen LogP contribution in [0, 0.1) is 0 Å². The van der Waals surface area contributed by atoms with Gasteiger partial charge in [0, 0.05) is 0 Å². The summed E-state index contributed by atoms with van der Waals surface area (Å²) in [6.45, 7) is 0. The van der Waals surface area contributed by atoms with Crippen molar-refractivity contribution < 1.29 is 0 Å². The molecule has 0 aliphatic rings. The lowest BCUT2D eigenvalue weighted by Crippen LogP contribution is -2.09. The zero-order chi connectivity index (χ0) is 8.43. The second-order valence-corrected chi connectivity index (χ2v) is 3.63. The normalized spacial score (nSPS) is 10.1. The van der Waals surface area contributed by atoms with Crippen LogP contribution in [0.3, 0.4) is 0 Å². The molecular weight excluding hydrogens is 251 g/mol. The molecule has 6 heteroatoms. The molecule has 0 unspecified atom stereocenters. The fourth-order valence-corrected chi connectivity index (χ4v) is 1.29. The van der Waals surface area contributed by atoms with Gasteiger partial charge in [-0.3, -0.25) is 4.79 Å². The van der Waals surface area contributed by atoms with Crippen molar-refractivity contribution in [2.45, 2.75) is 5.16 Å². The van der Waals surface area contributed by atoms with Gasteiger partial charge in [-0.15, -0.1) is 0 Å². The van der Waals surface area contributed by atoms with Crippen molar-refractivity contribution in [3.63, 3.8) is 0 Å². The van der Waals surface area contributed by atoms with Crippen molar-refractivity contribution in [1.82, 2.24) is 9.97 Å². The zero-order valence-corrected chi connectivity index (χ0v) is 8.68. The summed E-state index contributed by atoms with van der Waals surface area (Å²) >= 11 is 9.94. The first-order valence-electron chi connectivity index (χ1n) is 2.64. The van der Waals surface area contributed by atoms with Gasteiger partial charge in [0.25, 0.3) is 5.56 Å². The molecule has 0 aliphatic carbocycles. The summed E-state index contributed by atoms with van der Waals surface area (Å²) in [5.41, 5.74) is -0.255. The summed E-state index contributed by atoms with van der Waals surface area (Å²) in [7, 11) is 0. The van der Waals surface area contributed by atoms with Crippen molar-refractivity contribution in [1.29, 1.82) is 0 Å². The summed E-state index contributed by atoms with van der Waals surface area (Å²) in [6.07, 6.45) is 1.81. The monoisotopic (exact) mass is 254 g/mol. The second kappa shape index (κ2) is 3.60. The first kappa shape index (κ1) is 9.09. The summed E-state index contributed by atoms with van der Waals surface area (Å²) < 4.78 is 0.275. The average molecular weight is 256 g/mol. The van der Waals surface area contributed by atoms with Gasteiger partial charge in [0.2, 0.25) is 0 Å². The smallest absolute Gasteiger partial charge is 0.267 e. The van der Waals surface area contributed by atoms with E-state index in [4.69, 9.17) is 11.6 Å². The Kier molecular flexibility index (Phi) is 2.98. The number of hydrogen-bond donors (Lipinski definition) is 1. The highest BCUT2D eigenvalue weighted by Gasteiger charge is 2.04. The van der Waals surface area contributed by atoms with Crippen LogP contribution < -0.4 is 5.56 Å². The van der Waals surface area contributed by atoms with Gasteiger partial charge in [-0.25, -0.2) is 4.98 Å². The zero-order valence-electron chi connectivity index (χ0n) is 5.52. The Morgan fingerprint density at radius 2 is 2.36 bits per heavy atom. The number of thioether (sulfide) groups is 1. The maximum atomic E-state index is 11.0. The molecule has 3 nitrogen and oxygen atoms in total. The Labute approximate surface area is 80.7 Å². The van der Waals surface area contributed by atoms with Crippen molar-refractivity contribution >= 4 is 39.3 Å². The number of H-pyrrole nitrogens is 1. The van der Waals surface area contributed by atoms with Gasteiger partial charge in [0.1, 0.15) is 4.47 Å². The molecule has 0 saturated heterocycles. The van der Waals surface area contributed by atoms with E-state index in [2.05, 4.69) is 25.9 Å². The third-order valence-electron chi connectivity index (χ3n) is 0.994. The van der Waals surface area contributed by atoms with E-state index in [1.807, 2.05) is 6.26 Å². The molecule has 0 spiro atoms. The minimum absolute atomic E-state index is 0.193. The van der Waals surface area contributed by atoms with Crippen LogP contribution in [-0.2, 0) is 0 Å². The van der Waals surface area contributed by atoms with Crippen LogP contribution in [-0.4, -0.2) is 16.2 Å². The number of nitrogens with one attached hydrogen (secondary N) is 1. The molecule has 0 radical (unpaired) electrons. The lowest BCUT2D eigenvalue weighted by atomic mass is 10.7. The lowest BCUT2D eigenvalue weighted by molar-refractivity contribution is 0.929. The van der Waals surface area contributed by atoms with E-state index < -0.39 is 0 Å². The standard InChI is InChI=1S/C5H4BrClN2OS/c1-11-5-8-3(7)2(6)4(10)9-5/h1H3,(H,8,9,10). The Hall–Kier alpha value is -0.000000000000000111. The molecule has 1 heterocycles. The number of rotatable bonds is 1. The predicted molar refractivity (Wildman–Crippen MR) is 49.3 cm³/mol. The van der Waals surface area contributed by atoms with E-state index in [-0.39, 0.29) is 15.2 Å². The van der Waals surface area contributed by atoms with Crippen LogP contribution in [0.1, 0.15) is 0 Å². The maximum absolute atomic E-state index is 11.0. The van der Waals surface area contributed by atoms with Crippen LogP contribution in [0.5, 0.6) is 0 Å². The Morgan fingerprint density at radius 3 is 2.82 bits per heavy atom. The number of hydrogen-bond acceptors (Lipinski definition) is 3. The highest BCUT2D eigenvalue weighted by molar-refractivity contribution is 9.10. The summed E-state index contributed by atoms with van der Waals surface area (Å²) in [4.78, 5) is 17.4. The molecule has 0 atom stereocenters. The molecule has 60 valence electrons. The number of aromatic nitrogens is 2. The topological polar surface area (TPSA) is 45.8 Å². The Bertz CT molecular complexity index is 327. The fraction of sp³-hybridized carbons (Fsp3) is 0.200. The molecule has 0 bridgehead atoms. The molecule has 1 aromatic heterocycles. The van der Waals surface area contributed by atoms with E-state index in [1.165, 1.54) is 11.8 Å². The molecule has 11 heavy (non-hydrogen) atoms. The highest BCUT2D eigenvalue weighted by Crippen LogP contribution is 2.17. The maximum Gasteiger partial charge on any atom is 0.267 e. The number of nitrogens with zero attached hydrogens (tertiary/aromatic N) is 1. The van der Waals surface area contributed by atoms with E-state index in [0.717, 1.165) is 0 Å². The van der Waals surface area contributed by atoms with Crippen LogP contribution in [0.4, 0.5) is 0 Å². The predicted octanol–water partition coefficient (Wildman–Crippen LogP) is 1.91. The van der Waals surface area contributed by atoms with Gasteiger partial charge in [0.05, 0.1) is 0 Å². The number of halogens is 2.